The molecule has 4 rings (SSSR count). The third kappa shape index (κ3) is 5.29. The van der Waals surface area contributed by atoms with Crippen LogP contribution in [0, 0.1) is 0 Å². The number of ketones is 1. The Balaban J connectivity index is 1.57. The Morgan fingerprint density at radius 1 is 1.09 bits per heavy atom. The molecule has 2 N–H and O–H groups in total. The molecule has 0 atom stereocenters. The first-order chi connectivity index (χ1) is 15.8. The van der Waals surface area contributed by atoms with Crippen LogP contribution < -0.4 is 15.4 Å². The highest BCUT2D eigenvalue weighted by atomic mass is 16.5. The Morgan fingerprint density at radius 2 is 1.91 bits per heavy atom. The van der Waals surface area contributed by atoms with Gasteiger partial charge in [-0.1, -0.05) is 24.3 Å². The lowest BCUT2D eigenvalue weighted by molar-refractivity contribution is 0.0950. The zero-order valence-corrected chi connectivity index (χ0v) is 19.0. The smallest absolute Gasteiger partial charge is 0.251 e. The van der Waals surface area contributed by atoms with Gasteiger partial charge in [-0.2, -0.15) is 0 Å². The van der Waals surface area contributed by atoms with E-state index < -0.39 is 0 Å². The molecule has 168 valence electrons. The molecule has 2 heterocycles. The molecule has 6 heteroatoms. The molecule has 0 saturated carbocycles. The van der Waals surface area contributed by atoms with E-state index in [2.05, 4.69) is 29.5 Å². The second-order valence-corrected chi connectivity index (χ2v) is 8.72. The molecule has 1 aliphatic rings. The average molecular weight is 442 g/mol. The van der Waals surface area contributed by atoms with Crippen molar-refractivity contribution in [3.63, 3.8) is 0 Å². The minimum atomic E-state index is -0.255. The number of hydrogen-bond donors (Lipinski definition) is 2. The van der Waals surface area contributed by atoms with E-state index in [9.17, 15) is 9.59 Å². The molecule has 2 aromatic carbocycles. The molecule has 33 heavy (non-hydrogen) atoms. The van der Waals surface area contributed by atoms with Gasteiger partial charge in [0.2, 0.25) is 0 Å². The third-order valence-electron chi connectivity index (χ3n) is 5.55. The van der Waals surface area contributed by atoms with Crippen LogP contribution in [0.3, 0.4) is 0 Å². The van der Waals surface area contributed by atoms with Crippen LogP contribution in [0.1, 0.15) is 51.4 Å². The highest BCUT2D eigenvalue weighted by molar-refractivity contribution is 6.10. The number of methoxy groups -OCH3 is 1. The number of hydrogen-bond acceptors (Lipinski definition) is 5. The Hall–Kier alpha value is -3.93. The fourth-order valence-electron chi connectivity index (χ4n) is 3.96. The molecule has 0 unspecified atom stereocenters. The van der Waals surface area contributed by atoms with Gasteiger partial charge in [0.1, 0.15) is 5.75 Å². The number of nitrogens with zero attached hydrogens (tertiary/aromatic N) is 1. The number of ether oxygens (including phenoxy) is 1. The van der Waals surface area contributed by atoms with Crippen molar-refractivity contribution >= 4 is 17.4 Å². The summed E-state index contributed by atoms with van der Waals surface area (Å²) >= 11 is 0. The van der Waals surface area contributed by atoms with Crippen LogP contribution in [-0.4, -0.2) is 29.3 Å². The van der Waals surface area contributed by atoms with Crippen molar-refractivity contribution in [2.24, 2.45) is 0 Å². The predicted molar refractivity (Wildman–Crippen MR) is 128 cm³/mol. The summed E-state index contributed by atoms with van der Waals surface area (Å²) in [5.74, 6) is 0.304. The number of rotatable bonds is 6. The zero-order valence-electron chi connectivity index (χ0n) is 19.0. The molecule has 0 fully saturated rings. The Bertz CT molecular complexity index is 1220. The van der Waals surface area contributed by atoms with E-state index >= 15 is 0 Å². The maximum absolute atomic E-state index is 13.2. The summed E-state index contributed by atoms with van der Waals surface area (Å²) < 4.78 is 5.38. The molecule has 1 aliphatic heterocycles. The second kappa shape index (κ2) is 9.28. The van der Waals surface area contributed by atoms with Crippen molar-refractivity contribution in [1.82, 2.24) is 15.6 Å². The molecule has 0 saturated heterocycles. The number of pyridine rings is 1. The maximum atomic E-state index is 13.2. The summed E-state index contributed by atoms with van der Waals surface area (Å²) in [6, 6.07) is 18.2. The largest absolute Gasteiger partial charge is 0.497 e. The molecule has 0 spiro atoms. The first kappa shape index (κ1) is 22.3. The van der Waals surface area contributed by atoms with Gasteiger partial charge in [0.05, 0.1) is 19.3 Å². The number of nitrogens with one attached hydrogen (secondary N) is 2. The Labute approximate surface area is 193 Å². The summed E-state index contributed by atoms with van der Waals surface area (Å²) in [5.41, 5.74) is 4.29. The third-order valence-corrected chi connectivity index (χ3v) is 5.55. The first-order valence-electron chi connectivity index (χ1n) is 10.8. The van der Waals surface area contributed by atoms with Gasteiger partial charge in [-0.3, -0.25) is 14.6 Å². The highest BCUT2D eigenvalue weighted by Gasteiger charge is 2.28. The zero-order chi connectivity index (χ0) is 23.4. The van der Waals surface area contributed by atoms with Gasteiger partial charge in [-0.15, -0.1) is 0 Å². The van der Waals surface area contributed by atoms with Crippen LogP contribution >= 0.6 is 0 Å². The fraction of sp³-hybridized carbons (Fsp3) is 0.222. The molecule has 0 bridgehead atoms. The number of aromatic nitrogens is 1. The van der Waals surface area contributed by atoms with E-state index in [0.717, 1.165) is 34.7 Å². The number of benzene rings is 2. The maximum Gasteiger partial charge on any atom is 0.251 e. The standard InChI is InChI=1S/C27H27N3O3/c1-27(2)16-20-10-11-22(33-3)14-23(20)24(30-27)15-25(31)18-7-6-8-19(13-18)26(32)29-17-21-9-4-5-12-28-21/h4-15,30H,16-17H2,1-3H3,(H,29,32). The summed E-state index contributed by atoms with van der Waals surface area (Å²) in [6.07, 6.45) is 4.12. The van der Waals surface area contributed by atoms with Crippen LogP contribution in [-0.2, 0) is 13.0 Å². The second-order valence-electron chi connectivity index (χ2n) is 8.72. The molecular weight excluding hydrogens is 414 g/mol. The Kier molecular flexibility index (Phi) is 6.27. The first-order valence-corrected chi connectivity index (χ1v) is 10.8. The lowest BCUT2D eigenvalue weighted by Crippen LogP contribution is -2.43. The van der Waals surface area contributed by atoms with Crippen molar-refractivity contribution in [2.45, 2.75) is 32.4 Å². The topological polar surface area (TPSA) is 80.3 Å². The fourth-order valence-corrected chi connectivity index (χ4v) is 3.96. The molecule has 0 radical (unpaired) electrons. The summed E-state index contributed by atoms with van der Waals surface area (Å²) in [4.78, 5) is 30.0. The van der Waals surface area contributed by atoms with Gasteiger partial charge in [-0.05, 0) is 62.2 Å². The average Bonchev–Trinajstić information content (AvgIpc) is 2.82. The normalized spacial score (nSPS) is 15.3. The molecule has 1 aromatic heterocycles. The van der Waals surface area contributed by atoms with Gasteiger partial charge < -0.3 is 15.4 Å². The van der Waals surface area contributed by atoms with E-state index in [1.807, 2.05) is 36.4 Å². The van der Waals surface area contributed by atoms with Crippen LogP contribution in [0.2, 0.25) is 0 Å². The van der Waals surface area contributed by atoms with E-state index in [-0.39, 0.29) is 17.2 Å². The number of fused-ring (bicyclic) bond motifs is 1. The summed E-state index contributed by atoms with van der Waals surface area (Å²) in [5, 5.41) is 6.32. The molecule has 3 aromatic rings. The highest BCUT2D eigenvalue weighted by Crippen LogP contribution is 2.32. The van der Waals surface area contributed by atoms with Crippen LogP contribution in [0.4, 0.5) is 0 Å². The SMILES string of the molecule is COc1ccc2c(c1)C(=CC(=O)c1cccc(C(=O)NCc3ccccn3)c1)NC(C)(C)C2. The van der Waals surface area contributed by atoms with Crippen molar-refractivity contribution in [1.29, 1.82) is 0 Å². The number of amides is 1. The van der Waals surface area contributed by atoms with Crippen molar-refractivity contribution in [2.75, 3.05) is 7.11 Å². The lowest BCUT2D eigenvalue weighted by Gasteiger charge is -2.35. The predicted octanol–water partition coefficient (Wildman–Crippen LogP) is 4.17. The quantitative estimate of drug-likeness (QED) is 0.443. The van der Waals surface area contributed by atoms with Gasteiger partial charge in [0, 0.05) is 40.2 Å². The van der Waals surface area contributed by atoms with Crippen molar-refractivity contribution in [3.05, 3.63) is 101 Å². The van der Waals surface area contributed by atoms with Gasteiger partial charge in [0.25, 0.3) is 5.91 Å². The molecule has 0 aliphatic carbocycles. The van der Waals surface area contributed by atoms with Gasteiger partial charge in [0.15, 0.2) is 5.78 Å². The van der Waals surface area contributed by atoms with Gasteiger partial charge in [-0.25, -0.2) is 0 Å². The van der Waals surface area contributed by atoms with E-state index in [0.29, 0.717) is 17.7 Å². The van der Waals surface area contributed by atoms with E-state index in [4.69, 9.17) is 4.74 Å². The number of carbonyl (C=O) groups excluding carboxylic acids is 2. The van der Waals surface area contributed by atoms with Crippen LogP contribution in [0.15, 0.2) is 72.9 Å². The van der Waals surface area contributed by atoms with E-state index in [1.165, 1.54) is 0 Å². The Morgan fingerprint density at radius 3 is 2.67 bits per heavy atom. The number of carbonyl (C=O) groups is 2. The monoisotopic (exact) mass is 441 g/mol. The van der Waals surface area contributed by atoms with Crippen LogP contribution in [0.25, 0.3) is 5.70 Å². The minimum Gasteiger partial charge on any atom is -0.497 e. The van der Waals surface area contributed by atoms with Crippen molar-refractivity contribution < 1.29 is 14.3 Å². The van der Waals surface area contributed by atoms with Gasteiger partial charge >= 0.3 is 0 Å². The molecular formula is C27H27N3O3. The summed E-state index contributed by atoms with van der Waals surface area (Å²) in [6.45, 7) is 4.52. The number of allylic oxidation sites excluding steroid dienone is 1. The molecule has 1 amide bonds. The summed E-state index contributed by atoms with van der Waals surface area (Å²) in [7, 11) is 1.63. The minimum absolute atomic E-state index is 0.177. The molecule has 6 nitrogen and oxygen atoms in total. The van der Waals surface area contributed by atoms with Crippen LogP contribution in [0.5, 0.6) is 5.75 Å². The van der Waals surface area contributed by atoms with Crippen molar-refractivity contribution in [3.8, 4) is 5.75 Å². The van der Waals surface area contributed by atoms with E-state index in [1.54, 1.807) is 43.6 Å². The lowest BCUT2D eigenvalue weighted by atomic mass is 9.85.